The van der Waals surface area contributed by atoms with Crippen LogP contribution >= 0.6 is 0 Å². The minimum absolute atomic E-state index is 0.408. The molecule has 0 radical (unpaired) electrons. The fourth-order valence-corrected chi connectivity index (χ4v) is 2.88. The number of aromatic amines is 1. The molecule has 1 aliphatic heterocycles. The van der Waals surface area contributed by atoms with Crippen LogP contribution in [0.15, 0.2) is 24.3 Å². The first kappa shape index (κ1) is 14.8. The van der Waals surface area contributed by atoms with E-state index in [1.807, 2.05) is 12.1 Å². The van der Waals surface area contributed by atoms with Crippen LogP contribution in [0.4, 0.5) is 0 Å². The highest BCUT2D eigenvalue weighted by Crippen LogP contribution is 2.24. The number of carbonyl (C=O) groups is 1. The van der Waals surface area contributed by atoms with E-state index >= 15 is 0 Å². The first-order valence-electron chi connectivity index (χ1n) is 7.80. The van der Waals surface area contributed by atoms with Gasteiger partial charge in [-0.3, -0.25) is 9.69 Å². The molecular weight excluding hydrogens is 276 g/mol. The van der Waals surface area contributed by atoms with Gasteiger partial charge in [0.1, 0.15) is 5.82 Å². The van der Waals surface area contributed by atoms with Gasteiger partial charge in [-0.15, -0.1) is 0 Å². The molecule has 1 aromatic carbocycles. The maximum atomic E-state index is 11.1. The second-order valence-electron chi connectivity index (χ2n) is 5.93. The highest BCUT2D eigenvalue weighted by atomic mass is 16.1. The Balaban J connectivity index is 1.83. The van der Waals surface area contributed by atoms with E-state index in [2.05, 4.69) is 23.7 Å². The number of nitrogens with one attached hydrogen (secondary N) is 1. The topological polar surface area (TPSA) is 75.0 Å². The summed E-state index contributed by atoms with van der Waals surface area (Å²) >= 11 is 0. The van der Waals surface area contributed by atoms with Crippen molar-refractivity contribution in [3.8, 4) is 11.4 Å². The number of carbonyl (C=O) groups excluding carboxylic acids is 1. The molecule has 2 heterocycles. The van der Waals surface area contributed by atoms with E-state index in [1.165, 1.54) is 5.69 Å². The SMILES string of the molecule is CCC(C)N1CCc2nc(-c3ccc(C(N)=O)cc3)[nH]c2C1. The van der Waals surface area contributed by atoms with E-state index in [-0.39, 0.29) is 0 Å². The molecule has 0 saturated heterocycles. The molecule has 5 heteroatoms. The zero-order valence-corrected chi connectivity index (χ0v) is 13.1. The van der Waals surface area contributed by atoms with Gasteiger partial charge in [0.2, 0.25) is 5.91 Å². The Morgan fingerprint density at radius 2 is 2.14 bits per heavy atom. The molecule has 1 aromatic heterocycles. The van der Waals surface area contributed by atoms with E-state index in [4.69, 9.17) is 10.7 Å². The van der Waals surface area contributed by atoms with Crippen molar-refractivity contribution in [2.75, 3.05) is 6.54 Å². The highest BCUT2D eigenvalue weighted by molar-refractivity contribution is 5.93. The van der Waals surface area contributed by atoms with Gasteiger partial charge < -0.3 is 10.7 Å². The molecular formula is C17H22N4O. The van der Waals surface area contributed by atoms with Gasteiger partial charge in [-0.05, 0) is 25.5 Å². The molecule has 116 valence electrons. The molecule has 5 nitrogen and oxygen atoms in total. The second-order valence-corrected chi connectivity index (χ2v) is 5.93. The maximum Gasteiger partial charge on any atom is 0.248 e. The Bertz CT molecular complexity index is 674. The van der Waals surface area contributed by atoms with Gasteiger partial charge in [-0.1, -0.05) is 19.1 Å². The zero-order chi connectivity index (χ0) is 15.7. The third kappa shape index (κ3) is 2.76. The summed E-state index contributed by atoms with van der Waals surface area (Å²) in [6, 6.07) is 7.85. The van der Waals surface area contributed by atoms with Crippen LogP contribution < -0.4 is 5.73 Å². The van der Waals surface area contributed by atoms with Crippen LogP contribution in [-0.2, 0) is 13.0 Å². The van der Waals surface area contributed by atoms with Crippen molar-refractivity contribution in [1.29, 1.82) is 0 Å². The van der Waals surface area contributed by atoms with Crippen LogP contribution in [0.5, 0.6) is 0 Å². The van der Waals surface area contributed by atoms with Crippen molar-refractivity contribution < 1.29 is 4.79 Å². The molecule has 0 spiro atoms. The van der Waals surface area contributed by atoms with Crippen LogP contribution in [0, 0.1) is 0 Å². The third-order valence-corrected chi connectivity index (χ3v) is 4.52. The Kier molecular flexibility index (Phi) is 3.98. The predicted molar refractivity (Wildman–Crippen MR) is 86.4 cm³/mol. The Morgan fingerprint density at radius 3 is 2.77 bits per heavy atom. The number of fused-ring (bicyclic) bond motifs is 1. The minimum atomic E-state index is -0.408. The summed E-state index contributed by atoms with van der Waals surface area (Å²) in [5, 5.41) is 0. The van der Waals surface area contributed by atoms with Crippen molar-refractivity contribution >= 4 is 5.91 Å². The quantitative estimate of drug-likeness (QED) is 0.909. The first-order valence-corrected chi connectivity index (χ1v) is 7.80. The fraction of sp³-hybridized carbons (Fsp3) is 0.412. The molecule has 3 N–H and O–H groups in total. The Hall–Kier alpha value is -2.14. The zero-order valence-electron chi connectivity index (χ0n) is 13.1. The normalized spacial score (nSPS) is 16.3. The molecule has 22 heavy (non-hydrogen) atoms. The number of nitrogens with two attached hydrogens (primary N) is 1. The summed E-state index contributed by atoms with van der Waals surface area (Å²) in [6.07, 6.45) is 2.14. The van der Waals surface area contributed by atoms with Crippen molar-refractivity contribution in [3.63, 3.8) is 0 Å². The summed E-state index contributed by atoms with van der Waals surface area (Å²) in [5.41, 5.74) is 9.14. The number of nitrogens with zero attached hydrogens (tertiary/aromatic N) is 2. The fourth-order valence-electron chi connectivity index (χ4n) is 2.88. The standard InChI is InChI=1S/C17H22N4O/c1-3-11(2)21-9-8-14-15(10-21)20-17(19-14)13-6-4-12(5-7-13)16(18)22/h4-7,11H,3,8-10H2,1-2H3,(H2,18,22)(H,19,20). The second kappa shape index (κ2) is 5.93. The van der Waals surface area contributed by atoms with Gasteiger partial charge >= 0.3 is 0 Å². The van der Waals surface area contributed by atoms with E-state index < -0.39 is 5.91 Å². The van der Waals surface area contributed by atoms with Crippen molar-refractivity contribution in [2.24, 2.45) is 5.73 Å². The van der Waals surface area contributed by atoms with E-state index in [0.29, 0.717) is 11.6 Å². The number of imidazole rings is 1. The minimum Gasteiger partial charge on any atom is -0.366 e. The van der Waals surface area contributed by atoms with Crippen LogP contribution in [0.1, 0.15) is 42.0 Å². The first-order chi connectivity index (χ1) is 10.6. The lowest BCUT2D eigenvalue weighted by Crippen LogP contribution is -2.37. The van der Waals surface area contributed by atoms with Crippen LogP contribution in [0.3, 0.4) is 0 Å². The van der Waals surface area contributed by atoms with Crippen LogP contribution in [-0.4, -0.2) is 33.4 Å². The molecule has 3 rings (SSSR count). The summed E-state index contributed by atoms with van der Waals surface area (Å²) in [6.45, 7) is 6.48. The monoisotopic (exact) mass is 298 g/mol. The highest BCUT2D eigenvalue weighted by Gasteiger charge is 2.23. The molecule has 0 aliphatic carbocycles. The molecule has 1 aliphatic rings. The largest absolute Gasteiger partial charge is 0.366 e. The van der Waals surface area contributed by atoms with Crippen LogP contribution in [0.2, 0.25) is 0 Å². The summed E-state index contributed by atoms with van der Waals surface area (Å²) in [4.78, 5) is 21.8. The lowest BCUT2D eigenvalue weighted by atomic mass is 10.1. The molecule has 1 amide bonds. The van der Waals surface area contributed by atoms with Gasteiger partial charge in [0.25, 0.3) is 0 Å². The summed E-state index contributed by atoms with van der Waals surface area (Å²) < 4.78 is 0. The lowest BCUT2D eigenvalue weighted by molar-refractivity contribution is 0.100. The van der Waals surface area contributed by atoms with Crippen molar-refractivity contribution in [2.45, 2.75) is 39.3 Å². The van der Waals surface area contributed by atoms with Gasteiger partial charge in [-0.25, -0.2) is 4.98 Å². The molecule has 0 bridgehead atoms. The van der Waals surface area contributed by atoms with Crippen molar-refractivity contribution in [3.05, 3.63) is 41.2 Å². The molecule has 0 saturated carbocycles. The Morgan fingerprint density at radius 1 is 1.41 bits per heavy atom. The lowest BCUT2D eigenvalue weighted by Gasteiger charge is -2.31. The number of rotatable bonds is 4. The molecule has 2 aromatic rings. The number of amides is 1. The van der Waals surface area contributed by atoms with Gasteiger partial charge in [0.15, 0.2) is 0 Å². The number of benzene rings is 1. The Labute approximate surface area is 130 Å². The number of hydrogen-bond acceptors (Lipinski definition) is 3. The molecule has 1 unspecified atom stereocenters. The maximum absolute atomic E-state index is 11.1. The van der Waals surface area contributed by atoms with Gasteiger partial charge in [-0.2, -0.15) is 0 Å². The summed E-state index contributed by atoms with van der Waals surface area (Å²) in [7, 11) is 0. The van der Waals surface area contributed by atoms with E-state index in [1.54, 1.807) is 12.1 Å². The van der Waals surface area contributed by atoms with Gasteiger partial charge in [0, 0.05) is 36.7 Å². The van der Waals surface area contributed by atoms with Crippen LogP contribution in [0.25, 0.3) is 11.4 Å². The summed E-state index contributed by atoms with van der Waals surface area (Å²) in [5.74, 6) is 0.460. The van der Waals surface area contributed by atoms with Crippen molar-refractivity contribution in [1.82, 2.24) is 14.9 Å². The molecule has 1 atom stereocenters. The van der Waals surface area contributed by atoms with Gasteiger partial charge in [0.05, 0.1) is 11.4 Å². The smallest absolute Gasteiger partial charge is 0.248 e. The number of H-pyrrole nitrogens is 1. The van der Waals surface area contributed by atoms with E-state index in [9.17, 15) is 4.79 Å². The third-order valence-electron chi connectivity index (χ3n) is 4.52. The average Bonchev–Trinajstić information content (AvgIpc) is 2.97. The van der Waals surface area contributed by atoms with E-state index in [0.717, 1.165) is 43.0 Å². The number of primary amides is 1. The predicted octanol–water partition coefficient (Wildman–Crippen LogP) is 2.33. The molecule has 0 fully saturated rings. The number of aromatic nitrogens is 2. The average molecular weight is 298 g/mol. The number of hydrogen-bond donors (Lipinski definition) is 2.